The fourth-order valence-electron chi connectivity index (χ4n) is 2.54. The Kier molecular flexibility index (Phi) is 6.16. The molecular formula is C19H20FN3OS. The molecule has 1 heterocycles. The number of rotatable bonds is 5. The van der Waals surface area contributed by atoms with E-state index in [4.69, 9.17) is 0 Å². The molecule has 0 radical (unpaired) electrons. The van der Waals surface area contributed by atoms with Crippen molar-refractivity contribution in [3.05, 3.63) is 58.5 Å². The third-order valence-electron chi connectivity index (χ3n) is 3.74. The number of aromatic nitrogens is 1. The lowest BCUT2D eigenvalue weighted by molar-refractivity contribution is -0.129. The van der Waals surface area contributed by atoms with Crippen LogP contribution in [-0.4, -0.2) is 28.1 Å². The van der Waals surface area contributed by atoms with E-state index < -0.39 is 5.25 Å². The van der Waals surface area contributed by atoms with Gasteiger partial charge in [-0.25, -0.2) is 9.37 Å². The van der Waals surface area contributed by atoms with E-state index in [2.05, 4.69) is 11.1 Å². The number of carbonyl (C=O) groups is 1. The van der Waals surface area contributed by atoms with Crippen LogP contribution in [0.5, 0.6) is 0 Å². The van der Waals surface area contributed by atoms with Gasteiger partial charge < -0.3 is 4.90 Å². The molecule has 0 spiro atoms. The Labute approximate surface area is 151 Å². The van der Waals surface area contributed by atoms with Crippen LogP contribution >= 0.6 is 11.8 Å². The molecule has 130 valence electrons. The first-order valence-electron chi connectivity index (χ1n) is 7.86. The maximum Gasteiger partial charge on any atom is 0.235 e. The standard InChI is InChI=1S/C19H20FN3OS/c1-12-8-13(2)22-18(17(12)10-21)25-14(3)19(24)23(4)11-15-6-5-7-16(20)9-15/h5-9,14H,11H2,1-4H3/t14-/m1/s1. The zero-order valence-corrected chi connectivity index (χ0v) is 15.5. The highest BCUT2D eigenvalue weighted by Crippen LogP contribution is 2.28. The minimum absolute atomic E-state index is 0.0980. The van der Waals surface area contributed by atoms with Gasteiger partial charge in [0.1, 0.15) is 16.9 Å². The Bertz CT molecular complexity index is 832. The summed E-state index contributed by atoms with van der Waals surface area (Å²) in [7, 11) is 1.68. The van der Waals surface area contributed by atoms with Crippen LogP contribution in [0.15, 0.2) is 35.4 Å². The average molecular weight is 357 g/mol. The molecule has 0 bridgehead atoms. The average Bonchev–Trinajstić information content (AvgIpc) is 2.53. The smallest absolute Gasteiger partial charge is 0.235 e. The molecule has 6 heteroatoms. The molecule has 0 N–H and O–H groups in total. The molecule has 4 nitrogen and oxygen atoms in total. The molecule has 1 aromatic carbocycles. The van der Waals surface area contributed by atoms with E-state index in [9.17, 15) is 14.4 Å². The Hall–Kier alpha value is -2.39. The third-order valence-corrected chi connectivity index (χ3v) is 4.82. The summed E-state index contributed by atoms with van der Waals surface area (Å²) in [5.74, 6) is -0.419. The number of hydrogen-bond acceptors (Lipinski definition) is 4. The Morgan fingerprint density at radius 1 is 1.40 bits per heavy atom. The highest BCUT2D eigenvalue weighted by Gasteiger charge is 2.22. The van der Waals surface area contributed by atoms with Crippen LogP contribution in [0.1, 0.15) is 29.3 Å². The van der Waals surface area contributed by atoms with Gasteiger partial charge in [0.25, 0.3) is 0 Å². The van der Waals surface area contributed by atoms with Crippen molar-refractivity contribution in [1.29, 1.82) is 5.26 Å². The van der Waals surface area contributed by atoms with Crippen LogP contribution in [-0.2, 0) is 11.3 Å². The van der Waals surface area contributed by atoms with Crippen molar-refractivity contribution in [1.82, 2.24) is 9.88 Å². The second kappa shape index (κ2) is 8.13. The summed E-state index contributed by atoms with van der Waals surface area (Å²) in [4.78, 5) is 18.6. The van der Waals surface area contributed by atoms with E-state index in [-0.39, 0.29) is 11.7 Å². The predicted molar refractivity (Wildman–Crippen MR) is 96.6 cm³/mol. The molecule has 25 heavy (non-hydrogen) atoms. The second-order valence-corrected chi connectivity index (χ2v) is 7.29. The Morgan fingerprint density at radius 3 is 2.76 bits per heavy atom. The van der Waals surface area contributed by atoms with Crippen molar-refractivity contribution in [2.24, 2.45) is 0 Å². The second-order valence-electron chi connectivity index (χ2n) is 5.96. The summed E-state index contributed by atoms with van der Waals surface area (Å²) >= 11 is 1.27. The largest absolute Gasteiger partial charge is 0.340 e. The lowest BCUT2D eigenvalue weighted by atomic mass is 10.1. The predicted octanol–water partition coefficient (Wildman–Crippen LogP) is 3.85. The maximum absolute atomic E-state index is 13.3. The summed E-state index contributed by atoms with van der Waals surface area (Å²) in [6, 6.07) is 10.2. The van der Waals surface area contributed by atoms with E-state index in [1.54, 1.807) is 31.0 Å². The summed E-state index contributed by atoms with van der Waals surface area (Å²) in [6.07, 6.45) is 0. The van der Waals surface area contributed by atoms with Gasteiger partial charge in [-0.05, 0) is 50.1 Å². The van der Waals surface area contributed by atoms with E-state index >= 15 is 0 Å². The quantitative estimate of drug-likeness (QED) is 0.763. The maximum atomic E-state index is 13.3. The van der Waals surface area contributed by atoms with E-state index in [0.717, 1.165) is 16.8 Å². The zero-order chi connectivity index (χ0) is 18.6. The Morgan fingerprint density at radius 2 is 2.12 bits per heavy atom. The van der Waals surface area contributed by atoms with Gasteiger partial charge in [0, 0.05) is 19.3 Å². The van der Waals surface area contributed by atoms with Crippen molar-refractivity contribution in [2.45, 2.75) is 37.6 Å². The van der Waals surface area contributed by atoms with E-state index in [1.807, 2.05) is 19.9 Å². The van der Waals surface area contributed by atoms with Gasteiger partial charge in [-0.1, -0.05) is 23.9 Å². The highest BCUT2D eigenvalue weighted by atomic mass is 32.2. The zero-order valence-electron chi connectivity index (χ0n) is 14.7. The van der Waals surface area contributed by atoms with Crippen LogP contribution in [0.4, 0.5) is 4.39 Å². The fourth-order valence-corrected chi connectivity index (χ4v) is 3.68. The van der Waals surface area contributed by atoms with E-state index in [0.29, 0.717) is 17.1 Å². The fraction of sp³-hybridized carbons (Fsp3) is 0.316. The molecular weight excluding hydrogens is 337 g/mol. The van der Waals surface area contributed by atoms with Crippen LogP contribution < -0.4 is 0 Å². The molecule has 1 amide bonds. The molecule has 2 aromatic rings. The summed E-state index contributed by atoms with van der Waals surface area (Å²) in [5, 5.41) is 9.50. The number of thioether (sulfide) groups is 1. The van der Waals surface area contributed by atoms with Crippen molar-refractivity contribution in [2.75, 3.05) is 7.05 Å². The van der Waals surface area contributed by atoms with E-state index in [1.165, 1.54) is 23.9 Å². The molecule has 2 rings (SSSR count). The molecule has 0 aliphatic carbocycles. The van der Waals surface area contributed by atoms with Gasteiger partial charge >= 0.3 is 0 Å². The first-order chi connectivity index (χ1) is 11.8. The van der Waals surface area contributed by atoms with Gasteiger partial charge in [0.2, 0.25) is 5.91 Å². The number of benzene rings is 1. The SMILES string of the molecule is Cc1cc(C)c(C#N)c(S[C@H](C)C(=O)N(C)Cc2cccc(F)c2)n1. The van der Waals surface area contributed by atoms with Crippen molar-refractivity contribution >= 4 is 17.7 Å². The van der Waals surface area contributed by atoms with Crippen molar-refractivity contribution < 1.29 is 9.18 Å². The molecule has 0 unspecified atom stereocenters. The highest BCUT2D eigenvalue weighted by molar-refractivity contribution is 8.00. The molecule has 0 aliphatic heterocycles. The van der Waals surface area contributed by atoms with Gasteiger partial charge in [-0.2, -0.15) is 5.26 Å². The first kappa shape index (κ1) is 18.9. The van der Waals surface area contributed by atoms with Crippen molar-refractivity contribution in [3.63, 3.8) is 0 Å². The van der Waals surface area contributed by atoms with Crippen LogP contribution in [0.2, 0.25) is 0 Å². The minimum Gasteiger partial charge on any atom is -0.340 e. The molecule has 1 atom stereocenters. The number of halogens is 1. The number of amides is 1. The van der Waals surface area contributed by atoms with Gasteiger partial charge in [-0.15, -0.1) is 0 Å². The van der Waals surface area contributed by atoms with Gasteiger partial charge in [0.15, 0.2) is 0 Å². The van der Waals surface area contributed by atoms with Crippen LogP contribution in [0.3, 0.4) is 0 Å². The number of hydrogen-bond donors (Lipinski definition) is 0. The first-order valence-corrected chi connectivity index (χ1v) is 8.74. The summed E-state index contributed by atoms with van der Waals surface area (Å²) in [6.45, 7) is 5.84. The monoisotopic (exact) mass is 357 g/mol. The topological polar surface area (TPSA) is 57.0 Å². The summed E-state index contributed by atoms with van der Waals surface area (Å²) in [5.41, 5.74) is 2.90. The lowest BCUT2D eigenvalue weighted by Gasteiger charge is -2.21. The summed E-state index contributed by atoms with van der Waals surface area (Å²) < 4.78 is 13.3. The van der Waals surface area contributed by atoms with Gasteiger partial charge in [-0.3, -0.25) is 4.79 Å². The molecule has 0 saturated carbocycles. The molecule has 1 aromatic heterocycles. The number of nitrogens with zero attached hydrogens (tertiary/aromatic N) is 3. The molecule has 0 fully saturated rings. The van der Waals surface area contributed by atoms with Crippen LogP contribution in [0, 0.1) is 31.0 Å². The number of pyridine rings is 1. The van der Waals surface area contributed by atoms with Crippen LogP contribution in [0.25, 0.3) is 0 Å². The number of aryl methyl sites for hydroxylation is 2. The minimum atomic E-state index is -0.403. The normalized spacial score (nSPS) is 11.7. The van der Waals surface area contributed by atoms with Gasteiger partial charge in [0.05, 0.1) is 10.8 Å². The molecule has 0 saturated heterocycles. The number of carbonyl (C=O) groups excluding carboxylic acids is 1. The van der Waals surface area contributed by atoms with Crippen molar-refractivity contribution in [3.8, 4) is 6.07 Å². The Balaban J connectivity index is 2.11. The molecule has 0 aliphatic rings. The number of nitriles is 1. The lowest BCUT2D eigenvalue weighted by Crippen LogP contribution is -2.32. The third kappa shape index (κ3) is 4.80.